The van der Waals surface area contributed by atoms with Gasteiger partial charge < -0.3 is 10.5 Å². The van der Waals surface area contributed by atoms with Crippen LogP contribution in [0.5, 0.6) is 11.8 Å². The first kappa shape index (κ1) is 13.1. The molecule has 100 valence electrons. The van der Waals surface area contributed by atoms with Gasteiger partial charge in [0.1, 0.15) is 0 Å². The first-order valence-electron chi connectivity index (χ1n) is 5.31. The second-order valence-corrected chi connectivity index (χ2v) is 3.82. The van der Waals surface area contributed by atoms with Gasteiger partial charge in [-0.1, -0.05) is 12.1 Å². The average molecular weight is 269 g/mol. The normalized spacial score (nSPS) is 11.4. The van der Waals surface area contributed by atoms with Gasteiger partial charge in [0.2, 0.25) is 0 Å². The predicted octanol–water partition coefficient (Wildman–Crippen LogP) is 3.18. The Balaban J connectivity index is 2.34. The lowest BCUT2D eigenvalue weighted by Crippen LogP contribution is -2.09. The quantitative estimate of drug-likeness (QED) is 0.850. The summed E-state index contributed by atoms with van der Waals surface area (Å²) < 4.78 is 42.7. The van der Waals surface area contributed by atoms with Crippen LogP contribution in [-0.2, 0) is 6.18 Å². The fourth-order valence-corrected chi connectivity index (χ4v) is 1.45. The molecule has 4 nitrogen and oxygen atoms in total. The molecule has 0 aliphatic carbocycles. The molecule has 0 atom stereocenters. The Morgan fingerprint density at radius 3 is 2.58 bits per heavy atom. The van der Waals surface area contributed by atoms with Crippen LogP contribution in [-0.4, -0.2) is 9.97 Å². The maximum Gasteiger partial charge on any atom is 0.433 e. The van der Waals surface area contributed by atoms with Crippen molar-refractivity contribution in [3.63, 3.8) is 0 Å². The Morgan fingerprint density at radius 2 is 1.95 bits per heavy atom. The third-order valence-electron chi connectivity index (χ3n) is 2.36. The van der Waals surface area contributed by atoms with E-state index in [9.17, 15) is 13.2 Å². The summed E-state index contributed by atoms with van der Waals surface area (Å²) in [5, 5.41) is 0. The molecule has 0 saturated heterocycles. The van der Waals surface area contributed by atoms with Crippen LogP contribution in [0.2, 0.25) is 0 Å². The molecule has 7 heteroatoms. The van der Waals surface area contributed by atoms with E-state index in [1.54, 1.807) is 25.1 Å². The molecular weight excluding hydrogens is 259 g/mol. The van der Waals surface area contributed by atoms with E-state index < -0.39 is 17.9 Å². The number of nitrogen functional groups attached to an aromatic ring is 1. The Bertz CT molecular complexity index is 579. The predicted molar refractivity (Wildman–Crippen MR) is 62.7 cm³/mol. The summed E-state index contributed by atoms with van der Waals surface area (Å²) in [5.41, 5.74) is 5.61. The number of benzene rings is 1. The number of rotatable bonds is 2. The van der Waals surface area contributed by atoms with Crippen LogP contribution in [0.25, 0.3) is 0 Å². The second kappa shape index (κ2) is 4.75. The van der Waals surface area contributed by atoms with E-state index in [0.29, 0.717) is 11.3 Å². The minimum atomic E-state index is -4.54. The summed E-state index contributed by atoms with van der Waals surface area (Å²) in [7, 11) is 0. The van der Waals surface area contributed by atoms with Crippen molar-refractivity contribution in [2.75, 3.05) is 5.73 Å². The summed E-state index contributed by atoms with van der Waals surface area (Å²) in [6, 6.07) is 5.39. The topological polar surface area (TPSA) is 61.0 Å². The molecule has 19 heavy (non-hydrogen) atoms. The van der Waals surface area contributed by atoms with Gasteiger partial charge in [-0.15, -0.1) is 0 Å². The number of anilines is 1. The molecule has 0 bridgehead atoms. The zero-order chi connectivity index (χ0) is 14.0. The van der Waals surface area contributed by atoms with Crippen LogP contribution in [0.3, 0.4) is 0 Å². The largest absolute Gasteiger partial charge is 0.433 e. The van der Waals surface area contributed by atoms with Crippen molar-refractivity contribution >= 4 is 5.69 Å². The summed E-state index contributed by atoms with van der Waals surface area (Å²) in [6.07, 6.45) is -3.56. The maximum atomic E-state index is 12.5. The highest BCUT2D eigenvalue weighted by molar-refractivity contribution is 5.57. The van der Waals surface area contributed by atoms with Crippen molar-refractivity contribution in [1.82, 2.24) is 9.97 Å². The van der Waals surface area contributed by atoms with Crippen LogP contribution in [0.4, 0.5) is 18.9 Å². The van der Waals surface area contributed by atoms with Crippen molar-refractivity contribution in [3.05, 3.63) is 41.7 Å². The minimum absolute atomic E-state index is 0.252. The molecule has 2 rings (SSSR count). The number of halogens is 3. The molecule has 0 aliphatic rings. The summed E-state index contributed by atoms with van der Waals surface area (Å²) >= 11 is 0. The molecule has 0 amide bonds. The first-order chi connectivity index (χ1) is 8.88. The lowest BCUT2D eigenvalue weighted by atomic mass is 10.2. The van der Waals surface area contributed by atoms with E-state index in [-0.39, 0.29) is 5.75 Å². The number of nitrogens with two attached hydrogens (primary N) is 1. The Kier molecular flexibility index (Phi) is 3.28. The third kappa shape index (κ3) is 2.93. The van der Waals surface area contributed by atoms with Gasteiger partial charge in [-0.2, -0.15) is 18.2 Å². The number of hydrogen-bond acceptors (Lipinski definition) is 4. The van der Waals surface area contributed by atoms with E-state index in [1.165, 1.54) is 0 Å². The number of aryl methyl sites for hydroxylation is 1. The van der Waals surface area contributed by atoms with Crippen LogP contribution in [0.15, 0.2) is 30.5 Å². The van der Waals surface area contributed by atoms with E-state index >= 15 is 0 Å². The van der Waals surface area contributed by atoms with Crippen LogP contribution >= 0.6 is 0 Å². The van der Waals surface area contributed by atoms with Crippen molar-refractivity contribution in [3.8, 4) is 11.8 Å². The third-order valence-corrected chi connectivity index (χ3v) is 2.36. The molecule has 0 fully saturated rings. The SMILES string of the molecule is Cc1cccc(N)c1Oc1nccc(C(F)(F)F)n1. The summed E-state index contributed by atoms with van der Waals surface area (Å²) in [6.45, 7) is 1.72. The van der Waals surface area contributed by atoms with Crippen LogP contribution in [0, 0.1) is 6.92 Å². The molecule has 0 aliphatic heterocycles. The molecule has 0 unspecified atom stereocenters. The summed E-state index contributed by atoms with van der Waals surface area (Å²) in [5.74, 6) is 0.252. The fourth-order valence-electron chi connectivity index (χ4n) is 1.45. The average Bonchev–Trinajstić information content (AvgIpc) is 2.33. The summed E-state index contributed by atoms with van der Waals surface area (Å²) in [4.78, 5) is 6.95. The number of nitrogens with zero attached hydrogens (tertiary/aromatic N) is 2. The number of para-hydroxylation sites is 1. The monoisotopic (exact) mass is 269 g/mol. The molecule has 1 aromatic heterocycles. The number of alkyl halides is 3. The lowest BCUT2D eigenvalue weighted by molar-refractivity contribution is -0.141. The van der Waals surface area contributed by atoms with Gasteiger partial charge in [-0.3, -0.25) is 0 Å². The maximum absolute atomic E-state index is 12.5. The molecule has 2 N–H and O–H groups in total. The van der Waals surface area contributed by atoms with Gasteiger partial charge in [-0.25, -0.2) is 4.98 Å². The van der Waals surface area contributed by atoms with Crippen LogP contribution < -0.4 is 10.5 Å². The van der Waals surface area contributed by atoms with Gasteiger partial charge in [0, 0.05) is 6.20 Å². The zero-order valence-corrected chi connectivity index (χ0v) is 9.90. The number of hydrogen-bond donors (Lipinski definition) is 1. The Labute approximate surface area is 107 Å². The van der Waals surface area contributed by atoms with Gasteiger partial charge in [0.05, 0.1) is 5.69 Å². The van der Waals surface area contributed by atoms with Gasteiger partial charge in [0.25, 0.3) is 0 Å². The number of ether oxygens (including phenoxy) is 1. The van der Waals surface area contributed by atoms with E-state index in [1.807, 2.05) is 0 Å². The van der Waals surface area contributed by atoms with E-state index in [0.717, 1.165) is 12.3 Å². The highest BCUT2D eigenvalue weighted by atomic mass is 19.4. The second-order valence-electron chi connectivity index (χ2n) is 3.82. The lowest BCUT2D eigenvalue weighted by Gasteiger charge is -2.11. The van der Waals surface area contributed by atoms with Gasteiger partial charge in [0.15, 0.2) is 11.4 Å². The molecule has 1 heterocycles. The Hall–Kier alpha value is -2.31. The van der Waals surface area contributed by atoms with Gasteiger partial charge >= 0.3 is 12.2 Å². The number of aromatic nitrogens is 2. The minimum Gasteiger partial charge on any atom is -0.422 e. The van der Waals surface area contributed by atoms with Crippen molar-refractivity contribution < 1.29 is 17.9 Å². The van der Waals surface area contributed by atoms with E-state index in [4.69, 9.17) is 10.5 Å². The smallest absolute Gasteiger partial charge is 0.422 e. The van der Waals surface area contributed by atoms with Crippen LogP contribution in [0.1, 0.15) is 11.3 Å². The molecular formula is C12H10F3N3O. The fraction of sp³-hybridized carbons (Fsp3) is 0.167. The molecule has 0 radical (unpaired) electrons. The highest BCUT2D eigenvalue weighted by Gasteiger charge is 2.33. The van der Waals surface area contributed by atoms with Crippen molar-refractivity contribution in [2.45, 2.75) is 13.1 Å². The Morgan fingerprint density at radius 1 is 1.21 bits per heavy atom. The standard InChI is InChI=1S/C12H10F3N3O/c1-7-3-2-4-8(16)10(7)19-11-17-6-5-9(18-11)12(13,14)15/h2-6H,16H2,1H3. The zero-order valence-electron chi connectivity index (χ0n) is 9.90. The van der Waals surface area contributed by atoms with E-state index in [2.05, 4.69) is 9.97 Å². The molecule has 2 aromatic rings. The molecule has 1 aromatic carbocycles. The van der Waals surface area contributed by atoms with Gasteiger partial charge in [-0.05, 0) is 24.6 Å². The molecule has 0 spiro atoms. The molecule has 0 saturated carbocycles. The van der Waals surface area contributed by atoms with Crippen molar-refractivity contribution in [1.29, 1.82) is 0 Å². The van der Waals surface area contributed by atoms with Crippen molar-refractivity contribution in [2.24, 2.45) is 0 Å². The first-order valence-corrected chi connectivity index (χ1v) is 5.31. The highest BCUT2D eigenvalue weighted by Crippen LogP contribution is 2.31.